The average molecular weight is 284 g/mol. The van der Waals surface area contributed by atoms with Gasteiger partial charge in [0.2, 0.25) is 0 Å². The van der Waals surface area contributed by atoms with Crippen LogP contribution in [0, 0.1) is 10.1 Å². The summed E-state index contributed by atoms with van der Waals surface area (Å²) >= 11 is 3.80. The summed E-state index contributed by atoms with van der Waals surface area (Å²) in [7, 11) is 0. The quantitative estimate of drug-likeness (QED) is 0.473. The first-order valence-electron chi connectivity index (χ1n) is 5.88. The van der Waals surface area contributed by atoms with Crippen LogP contribution in [0.3, 0.4) is 0 Å². The van der Waals surface area contributed by atoms with Crippen LogP contribution in [-0.2, 0) is 6.54 Å². The number of carbonyl (C=O) groups excluding carboxylic acids is 1. The molecular formula is C10H12N4O4S. The molecule has 19 heavy (non-hydrogen) atoms. The molecule has 1 fully saturated rings. The fourth-order valence-corrected chi connectivity index (χ4v) is 2.77. The summed E-state index contributed by atoms with van der Waals surface area (Å²) < 4.78 is 7.44. The van der Waals surface area contributed by atoms with E-state index in [1.54, 1.807) is 9.47 Å². The molecule has 102 valence electrons. The van der Waals surface area contributed by atoms with Gasteiger partial charge >= 0.3 is 11.8 Å². The third kappa shape index (κ3) is 2.03. The van der Waals surface area contributed by atoms with Gasteiger partial charge in [-0.3, -0.25) is 9.36 Å². The first-order valence-corrected chi connectivity index (χ1v) is 6.32. The standard InChI is InChI=1S/C10H12N4O4S/c15-9(19)12-3-1-10(2-4-12)6-13-5-7(14(16)17)11-8(13)18-10/h5H,1-4,6H2,(H,15,19). The summed E-state index contributed by atoms with van der Waals surface area (Å²) in [6, 6.07) is 0.289. The van der Waals surface area contributed by atoms with Gasteiger partial charge in [0.25, 0.3) is 5.24 Å². The lowest BCUT2D eigenvalue weighted by molar-refractivity contribution is -0.389. The van der Waals surface area contributed by atoms with Crippen molar-refractivity contribution in [2.75, 3.05) is 13.1 Å². The van der Waals surface area contributed by atoms with Crippen molar-refractivity contribution in [3.8, 4) is 6.01 Å². The summed E-state index contributed by atoms with van der Waals surface area (Å²) in [5, 5.41) is 10.4. The highest BCUT2D eigenvalue weighted by molar-refractivity contribution is 7.96. The molecule has 1 spiro atoms. The molecular weight excluding hydrogens is 272 g/mol. The van der Waals surface area contributed by atoms with Crippen molar-refractivity contribution >= 4 is 23.7 Å². The Morgan fingerprint density at radius 2 is 2.21 bits per heavy atom. The van der Waals surface area contributed by atoms with Gasteiger partial charge < -0.3 is 19.8 Å². The number of thiol groups is 1. The number of likely N-dealkylation sites (tertiary alicyclic amines) is 1. The van der Waals surface area contributed by atoms with Crippen LogP contribution in [-0.4, -0.2) is 43.3 Å². The lowest BCUT2D eigenvalue weighted by Crippen LogP contribution is -2.48. The number of aromatic nitrogens is 2. The van der Waals surface area contributed by atoms with Crippen molar-refractivity contribution in [2.45, 2.75) is 25.0 Å². The van der Waals surface area contributed by atoms with Gasteiger partial charge in [-0.05, 0) is 4.92 Å². The molecule has 0 aromatic carbocycles. The summed E-state index contributed by atoms with van der Waals surface area (Å²) in [6.07, 6.45) is 2.74. The smallest absolute Gasteiger partial charge is 0.415 e. The van der Waals surface area contributed by atoms with E-state index in [0.29, 0.717) is 32.5 Å². The van der Waals surface area contributed by atoms with E-state index in [-0.39, 0.29) is 17.1 Å². The fourth-order valence-electron chi connectivity index (χ4n) is 2.57. The maximum absolute atomic E-state index is 11.1. The molecule has 0 radical (unpaired) electrons. The van der Waals surface area contributed by atoms with Gasteiger partial charge in [-0.1, -0.05) is 12.6 Å². The normalized spacial score (nSPS) is 20.2. The molecule has 3 rings (SSSR count). The van der Waals surface area contributed by atoms with E-state index < -0.39 is 10.5 Å². The van der Waals surface area contributed by atoms with Crippen LogP contribution in [0.5, 0.6) is 6.01 Å². The number of hydrogen-bond acceptors (Lipinski definition) is 5. The number of rotatable bonds is 1. The van der Waals surface area contributed by atoms with Crippen LogP contribution in [0.4, 0.5) is 10.6 Å². The predicted molar refractivity (Wildman–Crippen MR) is 67.4 cm³/mol. The van der Waals surface area contributed by atoms with Crippen LogP contribution in [0.25, 0.3) is 0 Å². The van der Waals surface area contributed by atoms with Gasteiger partial charge in [0.05, 0.1) is 6.54 Å². The van der Waals surface area contributed by atoms with E-state index in [4.69, 9.17) is 4.74 Å². The Bertz CT molecular complexity index is 524. The van der Waals surface area contributed by atoms with Gasteiger partial charge in [0.15, 0.2) is 0 Å². The second kappa shape index (κ2) is 4.12. The van der Waals surface area contributed by atoms with Crippen molar-refractivity contribution < 1.29 is 14.5 Å². The highest BCUT2D eigenvalue weighted by atomic mass is 32.1. The SMILES string of the molecule is O=C(S)N1CCC2(CC1)Cn1cc([N+](=O)[O-])nc1O2. The zero-order valence-electron chi connectivity index (χ0n) is 9.98. The molecule has 1 saturated heterocycles. The summed E-state index contributed by atoms with van der Waals surface area (Å²) in [6.45, 7) is 1.70. The topological polar surface area (TPSA) is 90.5 Å². The minimum Gasteiger partial charge on any atom is -0.437 e. The Labute approximate surface area is 113 Å². The number of nitrogens with zero attached hydrogens (tertiary/aromatic N) is 4. The Hall–Kier alpha value is -1.77. The van der Waals surface area contributed by atoms with Crippen LogP contribution in [0.15, 0.2) is 6.20 Å². The maximum atomic E-state index is 11.1. The summed E-state index contributed by atoms with van der Waals surface area (Å²) in [5.74, 6) is -0.201. The monoisotopic (exact) mass is 284 g/mol. The Balaban J connectivity index is 1.72. The lowest BCUT2D eigenvalue weighted by atomic mass is 9.92. The number of nitro groups is 1. The van der Waals surface area contributed by atoms with Crippen molar-refractivity contribution in [3.05, 3.63) is 16.3 Å². The average Bonchev–Trinajstić information content (AvgIpc) is 2.85. The van der Waals surface area contributed by atoms with Crippen molar-refractivity contribution in [3.63, 3.8) is 0 Å². The lowest BCUT2D eigenvalue weighted by Gasteiger charge is -2.36. The molecule has 0 N–H and O–H groups in total. The number of ether oxygens (including phenoxy) is 1. The molecule has 1 aromatic rings. The number of piperidine rings is 1. The minimum atomic E-state index is -0.538. The molecule has 8 nitrogen and oxygen atoms in total. The molecule has 9 heteroatoms. The minimum absolute atomic E-state index is 0.201. The number of hydrogen-bond donors (Lipinski definition) is 1. The third-order valence-corrected chi connectivity index (χ3v) is 3.91. The molecule has 0 atom stereocenters. The van der Waals surface area contributed by atoms with E-state index in [0.717, 1.165) is 0 Å². The molecule has 1 amide bonds. The number of carbonyl (C=O) groups is 1. The molecule has 0 saturated carbocycles. The molecule has 0 aliphatic carbocycles. The van der Waals surface area contributed by atoms with Crippen LogP contribution in [0.2, 0.25) is 0 Å². The Morgan fingerprint density at radius 1 is 1.53 bits per heavy atom. The van der Waals surface area contributed by atoms with E-state index in [2.05, 4.69) is 17.6 Å². The fraction of sp³-hybridized carbons (Fsp3) is 0.600. The second-order valence-corrected chi connectivity index (χ2v) is 5.20. The van der Waals surface area contributed by atoms with E-state index in [1.165, 1.54) is 6.20 Å². The zero-order valence-corrected chi connectivity index (χ0v) is 10.9. The second-order valence-electron chi connectivity index (χ2n) is 4.82. The summed E-state index contributed by atoms with van der Waals surface area (Å²) in [5.41, 5.74) is -0.392. The first kappa shape index (κ1) is 12.3. The van der Waals surface area contributed by atoms with E-state index >= 15 is 0 Å². The van der Waals surface area contributed by atoms with E-state index in [1.807, 2.05) is 0 Å². The zero-order chi connectivity index (χ0) is 13.6. The van der Waals surface area contributed by atoms with Crippen molar-refractivity contribution in [2.24, 2.45) is 0 Å². The predicted octanol–water partition coefficient (Wildman–Crippen LogP) is 1.07. The maximum Gasteiger partial charge on any atom is 0.415 e. The highest BCUT2D eigenvalue weighted by Crippen LogP contribution is 2.37. The molecule has 3 heterocycles. The Morgan fingerprint density at radius 3 is 2.74 bits per heavy atom. The van der Waals surface area contributed by atoms with Crippen molar-refractivity contribution in [1.82, 2.24) is 14.5 Å². The van der Waals surface area contributed by atoms with Gasteiger partial charge in [-0.2, -0.15) is 0 Å². The van der Waals surface area contributed by atoms with Gasteiger partial charge in [-0.25, -0.2) is 0 Å². The van der Waals surface area contributed by atoms with Gasteiger partial charge in [0.1, 0.15) is 11.8 Å². The number of fused-ring (bicyclic) bond motifs is 1. The van der Waals surface area contributed by atoms with Crippen molar-refractivity contribution in [1.29, 1.82) is 0 Å². The molecule has 1 aromatic heterocycles. The van der Waals surface area contributed by atoms with Gasteiger partial charge in [0, 0.05) is 30.9 Å². The third-order valence-electron chi connectivity index (χ3n) is 3.63. The summed E-state index contributed by atoms with van der Waals surface area (Å²) in [4.78, 5) is 26.7. The van der Waals surface area contributed by atoms with Gasteiger partial charge in [-0.15, -0.1) is 0 Å². The number of amides is 1. The molecule has 2 aliphatic heterocycles. The first-order chi connectivity index (χ1) is 8.99. The largest absolute Gasteiger partial charge is 0.437 e. The number of imidazole rings is 1. The van der Waals surface area contributed by atoms with Crippen LogP contribution >= 0.6 is 12.6 Å². The molecule has 0 unspecified atom stereocenters. The highest BCUT2D eigenvalue weighted by Gasteiger charge is 2.46. The van der Waals surface area contributed by atoms with Crippen LogP contribution in [0.1, 0.15) is 12.8 Å². The molecule has 2 aliphatic rings. The Kier molecular flexibility index (Phi) is 2.66. The van der Waals surface area contributed by atoms with E-state index in [9.17, 15) is 14.9 Å². The molecule has 0 bridgehead atoms. The van der Waals surface area contributed by atoms with Crippen LogP contribution < -0.4 is 4.74 Å².